The molecule has 1 aliphatic carbocycles. The molecule has 1 N–H and O–H groups in total. The molecule has 1 unspecified atom stereocenters. The molecular formula is C26H26N2OS3. The summed E-state index contributed by atoms with van der Waals surface area (Å²) in [4.78, 5) is 20.6. The molecule has 0 aliphatic heterocycles. The Labute approximate surface area is 201 Å². The first-order valence-electron chi connectivity index (χ1n) is 11.1. The highest BCUT2D eigenvalue weighted by Gasteiger charge is 2.27. The number of nitrogens with one attached hydrogen (secondary N) is 1. The molecule has 3 nitrogen and oxygen atoms in total. The summed E-state index contributed by atoms with van der Waals surface area (Å²) >= 11 is 5.29. The molecule has 1 atom stereocenters. The van der Waals surface area contributed by atoms with Crippen LogP contribution in [0.25, 0.3) is 20.8 Å². The number of benzene rings is 2. The third-order valence-corrected chi connectivity index (χ3v) is 8.99. The minimum Gasteiger partial charge on any atom is -0.317 e. The van der Waals surface area contributed by atoms with Crippen molar-refractivity contribution in [3.63, 3.8) is 0 Å². The Kier molecular flexibility index (Phi) is 6.35. The zero-order chi connectivity index (χ0) is 22.1. The number of aromatic nitrogens is 1. The van der Waals surface area contributed by atoms with Crippen molar-refractivity contribution in [3.8, 4) is 10.6 Å². The van der Waals surface area contributed by atoms with Gasteiger partial charge in [0.05, 0.1) is 16.6 Å². The average Bonchev–Trinajstić information content (AvgIpc) is 3.35. The number of fused-ring (bicyclic) bond motifs is 2. The molecule has 1 amide bonds. The zero-order valence-corrected chi connectivity index (χ0v) is 20.8. The summed E-state index contributed by atoms with van der Waals surface area (Å²) in [5.74, 6) is 1.78. The predicted octanol–water partition coefficient (Wildman–Crippen LogP) is 7.44. The molecule has 164 valence electrons. The Bertz CT molecular complexity index is 1220. The van der Waals surface area contributed by atoms with Crippen LogP contribution < -0.4 is 5.32 Å². The van der Waals surface area contributed by atoms with E-state index in [1.807, 2.05) is 17.8 Å². The van der Waals surface area contributed by atoms with E-state index in [1.165, 1.54) is 26.5 Å². The van der Waals surface area contributed by atoms with Crippen LogP contribution in [-0.4, -0.2) is 16.6 Å². The van der Waals surface area contributed by atoms with E-state index in [0.29, 0.717) is 12.3 Å². The Morgan fingerprint density at radius 2 is 1.97 bits per heavy atom. The highest BCUT2D eigenvalue weighted by molar-refractivity contribution is 7.99. The lowest BCUT2D eigenvalue weighted by Gasteiger charge is -2.18. The highest BCUT2D eigenvalue weighted by Crippen LogP contribution is 2.47. The van der Waals surface area contributed by atoms with Crippen LogP contribution in [0.5, 0.6) is 0 Å². The van der Waals surface area contributed by atoms with Gasteiger partial charge in [-0.2, -0.15) is 0 Å². The molecule has 0 spiro atoms. The van der Waals surface area contributed by atoms with Crippen molar-refractivity contribution in [1.29, 1.82) is 0 Å². The van der Waals surface area contributed by atoms with Crippen LogP contribution in [0.3, 0.4) is 0 Å². The molecule has 0 saturated carbocycles. The number of nitrogens with zero attached hydrogens (tertiary/aromatic N) is 1. The molecule has 1 aliphatic rings. The van der Waals surface area contributed by atoms with E-state index < -0.39 is 0 Å². The quantitative estimate of drug-likeness (QED) is 0.293. The topological polar surface area (TPSA) is 42.0 Å². The number of thiazole rings is 1. The van der Waals surface area contributed by atoms with Gasteiger partial charge in [-0.05, 0) is 66.3 Å². The van der Waals surface area contributed by atoms with E-state index in [2.05, 4.69) is 61.6 Å². The molecule has 5 rings (SSSR count). The van der Waals surface area contributed by atoms with E-state index in [0.717, 1.165) is 45.2 Å². The molecule has 2 aromatic heterocycles. The van der Waals surface area contributed by atoms with Crippen LogP contribution in [0.1, 0.15) is 36.3 Å². The molecule has 4 aromatic rings. The largest absolute Gasteiger partial charge is 0.317 e. The van der Waals surface area contributed by atoms with Crippen LogP contribution in [0.15, 0.2) is 53.4 Å². The van der Waals surface area contributed by atoms with Crippen LogP contribution in [0.4, 0.5) is 5.00 Å². The number of thioether (sulfide) groups is 1. The van der Waals surface area contributed by atoms with Gasteiger partial charge in [-0.25, -0.2) is 4.98 Å². The van der Waals surface area contributed by atoms with Gasteiger partial charge in [-0.1, -0.05) is 38.1 Å². The molecule has 2 heterocycles. The van der Waals surface area contributed by atoms with Gasteiger partial charge in [-0.15, -0.1) is 34.4 Å². The van der Waals surface area contributed by atoms with Crippen LogP contribution in [-0.2, 0) is 24.1 Å². The second-order valence-corrected chi connectivity index (χ2v) is 11.8. The lowest BCUT2D eigenvalue weighted by Crippen LogP contribution is -2.14. The second kappa shape index (κ2) is 9.38. The number of para-hydroxylation sites is 1. The first-order chi connectivity index (χ1) is 15.6. The van der Waals surface area contributed by atoms with Crippen molar-refractivity contribution in [3.05, 3.63) is 64.5 Å². The number of hydrogen-bond acceptors (Lipinski definition) is 5. The Balaban J connectivity index is 1.44. The normalized spacial score (nSPS) is 15.6. The van der Waals surface area contributed by atoms with Gasteiger partial charge in [0, 0.05) is 15.3 Å². The van der Waals surface area contributed by atoms with Crippen molar-refractivity contribution in [2.45, 2.75) is 44.4 Å². The maximum Gasteiger partial charge on any atom is 0.229 e. The SMILES string of the molecule is CCSc1ccc(CC(=O)Nc2sc3c(c2-c2nc4ccccc4s2)CCC(C)C3)cc1. The van der Waals surface area contributed by atoms with Crippen molar-refractivity contribution < 1.29 is 4.79 Å². The molecule has 0 bridgehead atoms. The maximum atomic E-state index is 13.0. The number of thiophene rings is 1. The van der Waals surface area contributed by atoms with Gasteiger partial charge in [0.25, 0.3) is 0 Å². The van der Waals surface area contributed by atoms with E-state index in [-0.39, 0.29) is 5.91 Å². The van der Waals surface area contributed by atoms with Crippen molar-refractivity contribution in [2.24, 2.45) is 5.92 Å². The number of rotatable bonds is 6. The third kappa shape index (κ3) is 4.49. The molecule has 6 heteroatoms. The fraction of sp³-hybridized carbons (Fsp3) is 0.308. The van der Waals surface area contributed by atoms with Crippen molar-refractivity contribution >= 4 is 55.6 Å². The van der Waals surface area contributed by atoms with Crippen LogP contribution in [0.2, 0.25) is 0 Å². The molecule has 0 radical (unpaired) electrons. The second-order valence-electron chi connectivity index (χ2n) is 8.34. The molecule has 32 heavy (non-hydrogen) atoms. The zero-order valence-electron chi connectivity index (χ0n) is 18.3. The van der Waals surface area contributed by atoms with Gasteiger partial charge in [0.15, 0.2) is 0 Å². The van der Waals surface area contributed by atoms with E-state index in [4.69, 9.17) is 4.98 Å². The van der Waals surface area contributed by atoms with Crippen LogP contribution >= 0.6 is 34.4 Å². The number of anilines is 1. The van der Waals surface area contributed by atoms with Crippen molar-refractivity contribution in [2.75, 3.05) is 11.1 Å². The summed E-state index contributed by atoms with van der Waals surface area (Å²) in [6.07, 6.45) is 3.72. The summed E-state index contributed by atoms with van der Waals surface area (Å²) in [6.45, 7) is 4.47. The monoisotopic (exact) mass is 478 g/mol. The number of carbonyl (C=O) groups is 1. The van der Waals surface area contributed by atoms with Crippen molar-refractivity contribution in [1.82, 2.24) is 4.98 Å². The van der Waals surface area contributed by atoms with E-state index in [9.17, 15) is 4.79 Å². The summed E-state index contributed by atoms with van der Waals surface area (Å²) in [6, 6.07) is 16.6. The first kappa shape index (κ1) is 21.7. The molecule has 0 fully saturated rings. The minimum absolute atomic E-state index is 0.0369. The third-order valence-electron chi connectivity index (χ3n) is 5.87. The van der Waals surface area contributed by atoms with Crippen LogP contribution in [0, 0.1) is 5.92 Å². The minimum atomic E-state index is 0.0369. The standard InChI is InChI=1S/C26H26N2OS3/c1-3-30-18-11-9-17(10-12-18)15-23(29)28-26-24(19-13-8-16(2)14-22(19)32-26)25-27-20-6-4-5-7-21(20)31-25/h4-7,9-12,16H,3,8,13-15H2,1-2H3,(H,28,29). The predicted molar refractivity (Wildman–Crippen MR) is 139 cm³/mol. The summed E-state index contributed by atoms with van der Waals surface area (Å²) in [5, 5.41) is 5.24. The smallest absolute Gasteiger partial charge is 0.229 e. The van der Waals surface area contributed by atoms with Gasteiger partial charge >= 0.3 is 0 Å². The number of hydrogen-bond donors (Lipinski definition) is 1. The summed E-state index contributed by atoms with van der Waals surface area (Å²) in [5.41, 5.74) is 4.61. The summed E-state index contributed by atoms with van der Waals surface area (Å²) < 4.78 is 1.19. The van der Waals surface area contributed by atoms with E-state index >= 15 is 0 Å². The molecule has 2 aromatic carbocycles. The fourth-order valence-corrected chi connectivity index (χ4v) is 7.47. The average molecular weight is 479 g/mol. The molecule has 0 saturated heterocycles. The fourth-order valence-electron chi connectivity index (χ4n) is 4.27. The van der Waals surface area contributed by atoms with E-state index in [1.54, 1.807) is 22.7 Å². The molecular weight excluding hydrogens is 453 g/mol. The first-order valence-corrected chi connectivity index (χ1v) is 13.7. The van der Waals surface area contributed by atoms with Gasteiger partial charge in [-0.3, -0.25) is 4.79 Å². The lowest BCUT2D eigenvalue weighted by atomic mass is 9.88. The van der Waals surface area contributed by atoms with Gasteiger partial charge in [0.2, 0.25) is 5.91 Å². The Morgan fingerprint density at radius 3 is 2.75 bits per heavy atom. The Morgan fingerprint density at radius 1 is 1.16 bits per heavy atom. The highest BCUT2D eigenvalue weighted by atomic mass is 32.2. The summed E-state index contributed by atoms with van der Waals surface area (Å²) in [7, 11) is 0. The maximum absolute atomic E-state index is 13.0. The number of amides is 1. The van der Waals surface area contributed by atoms with Gasteiger partial charge in [0.1, 0.15) is 10.0 Å². The van der Waals surface area contributed by atoms with Gasteiger partial charge < -0.3 is 5.32 Å². The Hall–Kier alpha value is -2.15. The number of carbonyl (C=O) groups excluding carboxylic acids is 1. The lowest BCUT2D eigenvalue weighted by molar-refractivity contribution is -0.115.